The van der Waals surface area contributed by atoms with Gasteiger partial charge in [0.2, 0.25) is 0 Å². The summed E-state index contributed by atoms with van der Waals surface area (Å²) < 4.78 is 31.2. The summed E-state index contributed by atoms with van der Waals surface area (Å²) in [5, 5.41) is 6.18. The average Bonchev–Trinajstić information content (AvgIpc) is 2.75. The molecule has 1 aliphatic rings. The van der Waals surface area contributed by atoms with Crippen LogP contribution in [0.2, 0.25) is 0 Å². The van der Waals surface area contributed by atoms with Gasteiger partial charge in [-0.15, -0.1) is 5.10 Å². The number of hydrogen-bond donors (Lipinski definition) is 1. The van der Waals surface area contributed by atoms with Crippen molar-refractivity contribution in [2.24, 2.45) is 5.10 Å². The van der Waals surface area contributed by atoms with Gasteiger partial charge in [0.25, 0.3) is 10.0 Å². The van der Waals surface area contributed by atoms with Crippen LogP contribution in [0, 0.1) is 6.92 Å². The predicted molar refractivity (Wildman–Crippen MR) is 114 cm³/mol. The molecule has 1 N–H and O–H groups in total. The van der Waals surface area contributed by atoms with Crippen molar-refractivity contribution in [2.75, 3.05) is 26.3 Å². The first-order chi connectivity index (χ1) is 14.0. The Morgan fingerprint density at radius 1 is 0.966 bits per heavy atom. The van der Waals surface area contributed by atoms with Gasteiger partial charge in [0, 0.05) is 18.7 Å². The van der Waals surface area contributed by atoms with E-state index in [-0.39, 0.29) is 4.90 Å². The van der Waals surface area contributed by atoms with E-state index in [9.17, 15) is 8.42 Å². The highest BCUT2D eigenvalue weighted by Gasteiger charge is 2.19. The third-order valence-corrected chi connectivity index (χ3v) is 6.13. The van der Waals surface area contributed by atoms with Crippen LogP contribution in [0.25, 0.3) is 10.8 Å². The van der Waals surface area contributed by atoms with Crippen LogP contribution < -0.4 is 4.83 Å². The highest BCUT2D eigenvalue weighted by atomic mass is 32.2. The number of amidine groups is 1. The van der Waals surface area contributed by atoms with Gasteiger partial charge in [-0.25, -0.2) is 0 Å². The van der Waals surface area contributed by atoms with Gasteiger partial charge in [-0.05, 0) is 29.8 Å². The maximum Gasteiger partial charge on any atom is 0.276 e. The Kier molecular flexibility index (Phi) is 5.51. The minimum atomic E-state index is -3.80. The zero-order valence-corrected chi connectivity index (χ0v) is 17.0. The van der Waals surface area contributed by atoms with Gasteiger partial charge in [-0.2, -0.15) is 13.2 Å². The quantitative estimate of drug-likeness (QED) is 0.408. The first kappa shape index (κ1) is 19.4. The summed E-state index contributed by atoms with van der Waals surface area (Å²) in [6.45, 7) is 4.50. The standard InChI is InChI=1S/C22H23N3O3S/c1-17-6-8-19(9-7-17)22(25-12-14-28-15-13-25)23-24-29(26,27)21-11-10-18-4-2-3-5-20(18)16-21/h2-11,16,24H,12-15H2,1H3/b23-22+. The summed E-state index contributed by atoms with van der Waals surface area (Å²) >= 11 is 0. The van der Waals surface area contributed by atoms with Gasteiger partial charge in [0.05, 0.1) is 18.1 Å². The van der Waals surface area contributed by atoms with Gasteiger partial charge in [0.1, 0.15) is 0 Å². The number of fused-ring (bicyclic) bond motifs is 1. The molecule has 0 spiro atoms. The Morgan fingerprint density at radius 2 is 1.66 bits per heavy atom. The fraction of sp³-hybridized carbons (Fsp3) is 0.227. The smallest absolute Gasteiger partial charge is 0.276 e. The molecular formula is C22H23N3O3S. The summed E-state index contributed by atoms with van der Waals surface area (Å²) in [5.41, 5.74) is 1.99. The fourth-order valence-electron chi connectivity index (χ4n) is 3.29. The minimum Gasteiger partial charge on any atom is -0.378 e. The Bertz CT molecular complexity index is 1140. The number of aryl methyl sites for hydroxylation is 1. The molecule has 1 heterocycles. The largest absolute Gasteiger partial charge is 0.378 e. The van der Waals surface area contributed by atoms with E-state index in [1.807, 2.05) is 60.4 Å². The molecular weight excluding hydrogens is 386 g/mol. The zero-order valence-electron chi connectivity index (χ0n) is 16.2. The van der Waals surface area contributed by atoms with Gasteiger partial charge in [-0.1, -0.05) is 60.2 Å². The first-order valence-corrected chi connectivity index (χ1v) is 11.0. The number of ether oxygens (including phenoxy) is 1. The van der Waals surface area contributed by atoms with E-state index in [1.165, 1.54) is 0 Å². The Labute approximate surface area is 170 Å². The van der Waals surface area contributed by atoms with Crippen molar-refractivity contribution in [1.82, 2.24) is 9.73 Å². The van der Waals surface area contributed by atoms with Crippen LogP contribution in [0.15, 0.2) is 76.7 Å². The van der Waals surface area contributed by atoms with Crippen molar-refractivity contribution in [3.05, 3.63) is 77.9 Å². The molecule has 0 amide bonds. The maximum atomic E-state index is 12.9. The molecule has 150 valence electrons. The normalized spacial score (nSPS) is 15.5. The van der Waals surface area contributed by atoms with Crippen LogP contribution in [-0.4, -0.2) is 45.5 Å². The zero-order chi connectivity index (χ0) is 20.3. The second kappa shape index (κ2) is 8.23. The molecule has 4 rings (SSSR count). The van der Waals surface area contributed by atoms with Gasteiger partial charge in [0.15, 0.2) is 5.84 Å². The lowest BCUT2D eigenvalue weighted by Crippen LogP contribution is -2.42. The summed E-state index contributed by atoms with van der Waals surface area (Å²) in [5.74, 6) is 0.595. The average molecular weight is 410 g/mol. The van der Waals surface area contributed by atoms with E-state index in [4.69, 9.17) is 4.74 Å². The van der Waals surface area contributed by atoms with Crippen molar-refractivity contribution < 1.29 is 13.2 Å². The van der Waals surface area contributed by atoms with E-state index < -0.39 is 10.0 Å². The summed E-state index contributed by atoms with van der Waals surface area (Å²) in [4.78, 5) is 4.65. The molecule has 0 saturated carbocycles. The number of rotatable bonds is 4. The molecule has 0 atom stereocenters. The van der Waals surface area contributed by atoms with Crippen LogP contribution in [0.5, 0.6) is 0 Å². The number of hydrazone groups is 1. The molecule has 0 bridgehead atoms. The monoisotopic (exact) mass is 409 g/mol. The predicted octanol–water partition coefficient (Wildman–Crippen LogP) is 3.12. The third kappa shape index (κ3) is 4.41. The number of nitrogens with one attached hydrogen (secondary N) is 1. The second-order valence-electron chi connectivity index (χ2n) is 7.00. The van der Waals surface area contributed by atoms with Crippen molar-refractivity contribution >= 4 is 26.6 Å². The SMILES string of the molecule is Cc1ccc(/C(=N\NS(=O)(=O)c2ccc3ccccc3c2)N2CCOCC2)cc1. The van der Waals surface area contributed by atoms with Gasteiger partial charge in [-0.3, -0.25) is 0 Å². The molecule has 3 aromatic rings. The Hall–Kier alpha value is -2.90. The highest BCUT2D eigenvalue weighted by Crippen LogP contribution is 2.19. The summed E-state index contributed by atoms with van der Waals surface area (Å²) in [7, 11) is -3.80. The number of sulfonamides is 1. The first-order valence-electron chi connectivity index (χ1n) is 9.51. The Morgan fingerprint density at radius 3 is 2.38 bits per heavy atom. The van der Waals surface area contributed by atoms with E-state index in [2.05, 4.69) is 9.93 Å². The van der Waals surface area contributed by atoms with Crippen molar-refractivity contribution in [2.45, 2.75) is 11.8 Å². The number of hydrogen-bond acceptors (Lipinski definition) is 4. The second-order valence-corrected chi connectivity index (χ2v) is 8.67. The van der Waals surface area contributed by atoms with Gasteiger partial charge >= 0.3 is 0 Å². The highest BCUT2D eigenvalue weighted by molar-refractivity contribution is 7.89. The molecule has 0 aromatic heterocycles. The number of morpholine rings is 1. The van der Waals surface area contributed by atoms with Crippen LogP contribution >= 0.6 is 0 Å². The van der Waals surface area contributed by atoms with Crippen molar-refractivity contribution in [1.29, 1.82) is 0 Å². The lowest BCUT2D eigenvalue weighted by molar-refractivity contribution is 0.0681. The molecule has 6 nitrogen and oxygen atoms in total. The van der Waals surface area contributed by atoms with Crippen LogP contribution in [-0.2, 0) is 14.8 Å². The summed E-state index contributed by atoms with van der Waals surface area (Å²) in [6, 6.07) is 20.6. The molecule has 29 heavy (non-hydrogen) atoms. The summed E-state index contributed by atoms with van der Waals surface area (Å²) in [6.07, 6.45) is 0. The van der Waals surface area contributed by atoms with Crippen LogP contribution in [0.3, 0.4) is 0 Å². The maximum absolute atomic E-state index is 12.9. The van der Waals surface area contributed by atoms with Gasteiger partial charge < -0.3 is 9.64 Å². The van der Waals surface area contributed by atoms with Crippen molar-refractivity contribution in [3.63, 3.8) is 0 Å². The molecule has 0 aliphatic carbocycles. The molecule has 1 fully saturated rings. The molecule has 1 saturated heterocycles. The Balaban J connectivity index is 1.66. The minimum absolute atomic E-state index is 0.185. The fourth-order valence-corrected chi connectivity index (χ4v) is 4.13. The molecule has 3 aromatic carbocycles. The van der Waals surface area contributed by atoms with E-state index in [0.29, 0.717) is 32.1 Å². The molecule has 0 unspecified atom stereocenters. The van der Waals surface area contributed by atoms with E-state index >= 15 is 0 Å². The number of nitrogens with zero attached hydrogens (tertiary/aromatic N) is 2. The van der Waals surface area contributed by atoms with Crippen molar-refractivity contribution in [3.8, 4) is 0 Å². The van der Waals surface area contributed by atoms with Crippen LogP contribution in [0.1, 0.15) is 11.1 Å². The van der Waals surface area contributed by atoms with E-state index in [0.717, 1.165) is 21.9 Å². The van der Waals surface area contributed by atoms with E-state index in [1.54, 1.807) is 18.2 Å². The molecule has 0 radical (unpaired) electrons. The molecule has 7 heteroatoms. The lowest BCUT2D eigenvalue weighted by atomic mass is 10.1. The van der Waals surface area contributed by atoms with Crippen LogP contribution in [0.4, 0.5) is 0 Å². The topological polar surface area (TPSA) is 71.0 Å². The lowest BCUT2D eigenvalue weighted by Gasteiger charge is -2.29. The molecule has 1 aliphatic heterocycles. The third-order valence-electron chi connectivity index (χ3n) is 4.92. The number of benzene rings is 3.